The summed E-state index contributed by atoms with van der Waals surface area (Å²) in [6, 6.07) is -0.339. The Kier molecular flexibility index (Phi) is 6.71. The van der Waals surface area contributed by atoms with Crippen molar-refractivity contribution >= 4 is 35.3 Å². The van der Waals surface area contributed by atoms with Crippen LogP contribution < -0.4 is 10.6 Å². The second kappa shape index (κ2) is 6.92. The SMILES string of the molecule is CNCCN(C)C(=O)[C@@H]1CSC(=O)N1.Cl. The Morgan fingerprint density at radius 2 is 2.40 bits per heavy atom. The van der Waals surface area contributed by atoms with Crippen molar-refractivity contribution in [2.45, 2.75) is 6.04 Å². The van der Waals surface area contributed by atoms with Gasteiger partial charge in [0.15, 0.2) is 0 Å². The van der Waals surface area contributed by atoms with E-state index in [4.69, 9.17) is 0 Å². The molecular formula is C8H16ClN3O2S. The zero-order valence-electron chi connectivity index (χ0n) is 8.78. The Bertz CT molecular complexity index is 240. The molecule has 1 heterocycles. The normalized spacial score (nSPS) is 19.3. The lowest BCUT2D eigenvalue weighted by Gasteiger charge is -2.20. The smallest absolute Gasteiger partial charge is 0.279 e. The lowest BCUT2D eigenvalue weighted by Crippen LogP contribution is -2.45. The predicted octanol–water partition coefficient (Wildman–Crippen LogP) is -0.0890. The number of amides is 2. The van der Waals surface area contributed by atoms with Crippen molar-refractivity contribution in [3.05, 3.63) is 0 Å². The average Bonchev–Trinajstić information content (AvgIpc) is 2.60. The third kappa shape index (κ3) is 4.27. The molecule has 0 radical (unpaired) electrons. The van der Waals surface area contributed by atoms with Crippen LogP contribution in [0.5, 0.6) is 0 Å². The topological polar surface area (TPSA) is 61.4 Å². The van der Waals surface area contributed by atoms with Crippen LogP contribution in [0.15, 0.2) is 0 Å². The number of nitrogens with zero attached hydrogens (tertiary/aromatic N) is 1. The van der Waals surface area contributed by atoms with E-state index in [1.54, 1.807) is 11.9 Å². The van der Waals surface area contributed by atoms with Crippen LogP contribution in [-0.2, 0) is 4.79 Å². The van der Waals surface area contributed by atoms with Gasteiger partial charge in [0.1, 0.15) is 6.04 Å². The number of hydrogen-bond acceptors (Lipinski definition) is 4. The molecule has 2 N–H and O–H groups in total. The number of carbonyl (C=O) groups is 2. The molecule has 1 fully saturated rings. The number of thioether (sulfide) groups is 1. The van der Waals surface area contributed by atoms with Gasteiger partial charge in [-0.15, -0.1) is 12.4 Å². The van der Waals surface area contributed by atoms with Gasteiger partial charge in [-0.25, -0.2) is 0 Å². The van der Waals surface area contributed by atoms with E-state index in [1.165, 1.54) is 0 Å². The second-order valence-electron chi connectivity index (χ2n) is 3.16. The highest BCUT2D eigenvalue weighted by atomic mass is 35.5. The van der Waals surface area contributed by atoms with Gasteiger partial charge in [0.2, 0.25) is 5.91 Å². The van der Waals surface area contributed by atoms with Crippen LogP contribution in [0.3, 0.4) is 0 Å². The Balaban J connectivity index is 0.00000196. The molecule has 7 heteroatoms. The third-order valence-corrected chi connectivity index (χ3v) is 2.92. The maximum atomic E-state index is 11.7. The van der Waals surface area contributed by atoms with Crippen LogP contribution in [0.4, 0.5) is 4.79 Å². The van der Waals surface area contributed by atoms with Crippen LogP contribution in [0.1, 0.15) is 0 Å². The highest BCUT2D eigenvalue weighted by Crippen LogP contribution is 2.14. The van der Waals surface area contributed by atoms with Gasteiger partial charge < -0.3 is 15.5 Å². The Hall–Kier alpha value is -0.460. The van der Waals surface area contributed by atoms with E-state index in [9.17, 15) is 9.59 Å². The fourth-order valence-electron chi connectivity index (χ4n) is 1.17. The zero-order chi connectivity index (χ0) is 10.6. The molecule has 15 heavy (non-hydrogen) atoms. The van der Waals surface area contributed by atoms with E-state index in [0.717, 1.165) is 18.3 Å². The van der Waals surface area contributed by atoms with Crippen molar-refractivity contribution in [1.82, 2.24) is 15.5 Å². The van der Waals surface area contributed by atoms with Gasteiger partial charge in [0.25, 0.3) is 5.24 Å². The highest BCUT2D eigenvalue weighted by Gasteiger charge is 2.29. The molecule has 1 rings (SSSR count). The van der Waals surface area contributed by atoms with Gasteiger partial charge in [-0.1, -0.05) is 11.8 Å². The molecule has 0 unspecified atom stereocenters. The van der Waals surface area contributed by atoms with Crippen molar-refractivity contribution < 1.29 is 9.59 Å². The molecule has 1 atom stereocenters. The summed E-state index contributed by atoms with van der Waals surface area (Å²) in [7, 11) is 3.58. The molecule has 0 aliphatic carbocycles. The molecule has 0 spiro atoms. The van der Waals surface area contributed by atoms with Gasteiger partial charge in [-0.3, -0.25) is 9.59 Å². The Labute approximate surface area is 99.7 Å². The fourth-order valence-corrected chi connectivity index (χ4v) is 1.94. The molecule has 88 valence electrons. The Morgan fingerprint density at radius 3 is 2.87 bits per heavy atom. The van der Waals surface area contributed by atoms with Crippen molar-refractivity contribution in [3.63, 3.8) is 0 Å². The van der Waals surface area contributed by atoms with Gasteiger partial charge in [-0.05, 0) is 7.05 Å². The summed E-state index contributed by atoms with van der Waals surface area (Å²) in [6.45, 7) is 1.42. The first-order chi connectivity index (χ1) is 6.65. The molecule has 5 nitrogen and oxygen atoms in total. The minimum atomic E-state index is -0.339. The first-order valence-electron chi connectivity index (χ1n) is 4.48. The minimum Gasteiger partial charge on any atom is -0.343 e. The molecule has 0 aromatic heterocycles. The molecule has 0 aromatic rings. The molecule has 1 aliphatic rings. The zero-order valence-corrected chi connectivity index (χ0v) is 10.4. The number of halogens is 1. The summed E-state index contributed by atoms with van der Waals surface area (Å²) in [6.07, 6.45) is 0. The summed E-state index contributed by atoms with van der Waals surface area (Å²) in [5.41, 5.74) is 0. The number of nitrogens with one attached hydrogen (secondary N) is 2. The summed E-state index contributed by atoms with van der Waals surface area (Å²) in [5, 5.41) is 5.48. The van der Waals surface area contributed by atoms with Crippen LogP contribution >= 0.6 is 24.2 Å². The van der Waals surface area contributed by atoms with Crippen molar-refractivity contribution in [2.75, 3.05) is 32.9 Å². The van der Waals surface area contributed by atoms with Crippen LogP contribution in [-0.4, -0.2) is 55.0 Å². The number of rotatable bonds is 4. The lowest BCUT2D eigenvalue weighted by atomic mass is 10.3. The van der Waals surface area contributed by atoms with Gasteiger partial charge in [-0.2, -0.15) is 0 Å². The number of carbonyl (C=O) groups excluding carboxylic acids is 2. The van der Waals surface area contributed by atoms with E-state index < -0.39 is 0 Å². The average molecular weight is 254 g/mol. The quantitative estimate of drug-likeness (QED) is 0.735. The first kappa shape index (κ1) is 14.5. The van der Waals surface area contributed by atoms with Crippen LogP contribution in [0, 0.1) is 0 Å². The van der Waals surface area contributed by atoms with Crippen LogP contribution in [0.2, 0.25) is 0 Å². The van der Waals surface area contributed by atoms with Gasteiger partial charge in [0, 0.05) is 25.9 Å². The second-order valence-corrected chi connectivity index (χ2v) is 4.15. The van der Waals surface area contributed by atoms with E-state index in [1.807, 2.05) is 7.05 Å². The fraction of sp³-hybridized carbons (Fsp3) is 0.750. The lowest BCUT2D eigenvalue weighted by molar-refractivity contribution is -0.131. The Morgan fingerprint density at radius 1 is 1.73 bits per heavy atom. The van der Waals surface area contributed by atoms with Crippen molar-refractivity contribution in [1.29, 1.82) is 0 Å². The van der Waals surface area contributed by atoms with E-state index in [0.29, 0.717) is 12.3 Å². The molecular weight excluding hydrogens is 238 g/mol. The number of hydrogen-bond donors (Lipinski definition) is 2. The molecule has 0 saturated carbocycles. The van der Waals surface area contributed by atoms with Gasteiger partial charge in [0.05, 0.1) is 0 Å². The highest BCUT2D eigenvalue weighted by molar-refractivity contribution is 8.14. The summed E-state index contributed by atoms with van der Waals surface area (Å²) in [4.78, 5) is 24.2. The third-order valence-electron chi connectivity index (χ3n) is 2.04. The van der Waals surface area contributed by atoms with E-state index >= 15 is 0 Å². The van der Waals surface area contributed by atoms with E-state index in [-0.39, 0.29) is 29.6 Å². The molecule has 0 aromatic carbocycles. The van der Waals surface area contributed by atoms with E-state index in [2.05, 4.69) is 10.6 Å². The van der Waals surface area contributed by atoms with Crippen molar-refractivity contribution in [3.8, 4) is 0 Å². The summed E-state index contributed by atoms with van der Waals surface area (Å²) < 4.78 is 0. The maximum absolute atomic E-state index is 11.7. The first-order valence-corrected chi connectivity index (χ1v) is 5.46. The minimum absolute atomic E-state index is 0. The largest absolute Gasteiger partial charge is 0.343 e. The maximum Gasteiger partial charge on any atom is 0.279 e. The summed E-state index contributed by atoms with van der Waals surface area (Å²) in [5.74, 6) is 0.528. The van der Waals surface area contributed by atoms with Crippen LogP contribution in [0.25, 0.3) is 0 Å². The van der Waals surface area contributed by atoms with Crippen molar-refractivity contribution in [2.24, 2.45) is 0 Å². The molecule has 1 saturated heterocycles. The molecule has 2 amide bonds. The number of likely N-dealkylation sites (N-methyl/N-ethyl adjacent to an activating group) is 2. The predicted molar refractivity (Wildman–Crippen MR) is 63.6 cm³/mol. The monoisotopic (exact) mass is 253 g/mol. The standard InChI is InChI=1S/C8H15N3O2S.ClH/c1-9-3-4-11(2)7(12)6-5-14-8(13)10-6;/h6,9H,3-5H2,1-2H3,(H,10,13);1H/t6-;/m0./s1. The molecule has 0 bridgehead atoms. The summed E-state index contributed by atoms with van der Waals surface area (Å²) >= 11 is 1.16. The molecule has 1 aliphatic heterocycles. The van der Waals surface area contributed by atoms with Gasteiger partial charge >= 0.3 is 0 Å².